The van der Waals surface area contributed by atoms with Gasteiger partial charge < -0.3 is 11.1 Å². The fourth-order valence-corrected chi connectivity index (χ4v) is 2.13. The Labute approximate surface area is 119 Å². The first-order valence-corrected chi connectivity index (χ1v) is 6.76. The average Bonchev–Trinajstić information content (AvgIpc) is 2.40. The zero-order chi connectivity index (χ0) is 14.5. The van der Waals surface area contributed by atoms with E-state index in [0.29, 0.717) is 17.8 Å². The summed E-state index contributed by atoms with van der Waals surface area (Å²) < 4.78 is 0. The van der Waals surface area contributed by atoms with Crippen LogP contribution >= 0.6 is 0 Å². The Morgan fingerprint density at radius 3 is 2.55 bits per heavy atom. The molecule has 0 aliphatic carbocycles. The standard InChI is InChI=1S/C17H20N2O/c1-12-4-3-5-14(10-12)7-9-17(20)19-16-8-6-13(2)11-15(16)18/h3-6,8,10-11H,7,9,18H2,1-2H3,(H,19,20). The van der Waals surface area contributed by atoms with Gasteiger partial charge in [-0.15, -0.1) is 0 Å². The van der Waals surface area contributed by atoms with Crippen molar-refractivity contribution in [1.82, 2.24) is 0 Å². The third-order valence-electron chi connectivity index (χ3n) is 3.20. The number of nitrogens with two attached hydrogens (primary N) is 1. The van der Waals surface area contributed by atoms with Crippen LogP contribution in [0.5, 0.6) is 0 Å². The number of hydrogen-bond donors (Lipinski definition) is 2. The second kappa shape index (κ2) is 6.24. The third-order valence-corrected chi connectivity index (χ3v) is 3.20. The smallest absolute Gasteiger partial charge is 0.224 e. The van der Waals surface area contributed by atoms with Crippen molar-refractivity contribution in [3.8, 4) is 0 Å². The second-order valence-electron chi connectivity index (χ2n) is 5.13. The van der Waals surface area contributed by atoms with Gasteiger partial charge in [0.1, 0.15) is 0 Å². The molecule has 2 rings (SSSR count). The van der Waals surface area contributed by atoms with Gasteiger partial charge in [-0.2, -0.15) is 0 Å². The predicted octanol–water partition coefficient (Wildman–Crippen LogP) is 3.46. The number of anilines is 2. The van der Waals surface area contributed by atoms with E-state index in [4.69, 9.17) is 5.73 Å². The number of nitrogens with one attached hydrogen (secondary N) is 1. The maximum atomic E-state index is 11.9. The molecule has 0 aromatic heterocycles. The highest BCUT2D eigenvalue weighted by Crippen LogP contribution is 2.19. The van der Waals surface area contributed by atoms with Crippen LogP contribution in [0.2, 0.25) is 0 Å². The van der Waals surface area contributed by atoms with Crippen molar-refractivity contribution in [1.29, 1.82) is 0 Å². The first-order chi connectivity index (χ1) is 9.54. The van der Waals surface area contributed by atoms with Gasteiger partial charge in [0.2, 0.25) is 5.91 Å². The first-order valence-electron chi connectivity index (χ1n) is 6.76. The number of aryl methyl sites for hydroxylation is 3. The monoisotopic (exact) mass is 268 g/mol. The van der Waals surface area contributed by atoms with Crippen LogP contribution in [-0.4, -0.2) is 5.91 Å². The highest BCUT2D eigenvalue weighted by atomic mass is 16.1. The zero-order valence-corrected chi connectivity index (χ0v) is 11.9. The number of amides is 1. The van der Waals surface area contributed by atoms with E-state index in [-0.39, 0.29) is 5.91 Å². The van der Waals surface area contributed by atoms with Crippen LogP contribution in [0.1, 0.15) is 23.1 Å². The molecule has 104 valence electrons. The van der Waals surface area contributed by atoms with Crippen LogP contribution in [0.4, 0.5) is 11.4 Å². The lowest BCUT2D eigenvalue weighted by molar-refractivity contribution is -0.116. The minimum atomic E-state index is -0.0120. The van der Waals surface area contributed by atoms with Gasteiger partial charge in [-0.05, 0) is 43.5 Å². The number of nitrogen functional groups attached to an aromatic ring is 1. The second-order valence-corrected chi connectivity index (χ2v) is 5.13. The minimum Gasteiger partial charge on any atom is -0.397 e. The Balaban J connectivity index is 1.92. The topological polar surface area (TPSA) is 55.1 Å². The maximum Gasteiger partial charge on any atom is 0.224 e. The van der Waals surface area contributed by atoms with Gasteiger partial charge in [-0.3, -0.25) is 4.79 Å². The molecule has 0 aliphatic heterocycles. The molecule has 0 spiro atoms. The molecule has 3 N–H and O–H groups in total. The third kappa shape index (κ3) is 3.85. The summed E-state index contributed by atoms with van der Waals surface area (Å²) in [6.45, 7) is 4.02. The Morgan fingerprint density at radius 1 is 1.10 bits per heavy atom. The molecule has 3 heteroatoms. The van der Waals surface area contributed by atoms with Gasteiger partial charge in [0, 0.05) is 6.42 Å². The zero-order valence-electron chi connectivity index (χ0n) is 11.9. The largest absolute Gasteiger partial charge is 0.397 e. The van der Waals surface area contributed by atoms with E-state index in [1.54, 1.807) is 0 Å². The lowest BCUT2D eigenvalue weighted by Crippen LogP contribution is -2.13. The summed E-state index contributed by atoms with van der Waals surface area (Å²) in [6, 6.07) is 13.9. The molecule has 0 fully saturated rings. The van der Waals surface area contributed by atoms with Crippen molar-refractivity contribution in [2.75, 3.05) is 11.1 Å². The molecule has 0 atom stereocenters. The molecule has 0 saturated carbocycles. The highest BCUT2D eigenvalue weighted by molar-refractivity contribution is 5.93. The summed E-state index contributed by atoms with van der Waals surface area (Å²) >= 11 is 0. The number of carbonyl (C=O) groups is 1. The molecular formula is C17H20N2O. The van der Waals surface area contributed by atoms with E-state index >= 15 is 0 Å². The van der Waals surface area contributed by atoms with Crippen molar-refractivity contribution in [3.05, 3.63) is 59.2 Å². The molecule has 2 aromatic carbocycles. The van der Waals surface area contributed by atoms with E-state index in [1.165, 1.54) is 11.1 Å². The van der Waals surface area contributed by atoms with Gasteiger partial charge in [-0.25, -0.2) is 0 Å². The van der Waals surface area contributed by atoms with Crippen LogP contribution in [0.15, 0.2) is 42.5 Å². The van der Waals surface area contributed by atoms with E-state index in [0.717, 1.165) is 12.0 Å². The number of carbonyl (C=O) groups excluding carboxylic acids is 1. The molecule has 0 heterocycles. The van der Waals surface area contributed by atoms with Crippen LogP contribution in [0.3, 0.4) is 0 Å². The molecule has 0 unspecified atom stereocenters. The predicted molar refractivity (Wildman–Crippen MR) is 83.7 cm³/mol. The normalized spacial score (nSPS) is 10.3. The first kappa shape index (κ1) is 14.1. The fraction of sp³-hybridized carbons (Fsp3) is 0.235. The average molecular weight is 268 g/mol. The Bertz CT molecular complexity index is 620. The summed E-state index contributed by atoms with van der Waals surface area (Å²) in [6.07, 6.45) is 1.19. The van der Waals surface area contributed by atoms with Crippen LogP contribution in [0, 0.1) is 13.8 Å². The number of hydrogen-bond acceptors (Lipinski definition) is 2. The Hall–Kier alpha value is -2.29. The molecule has 0 saturated heterocycles. The molecule has 0 bridgehead atoms. The van der Waals surface area contributed by atoms with Gasteiger partial charge in [-0.1, -0.05) is 35.9 Å². The summed E-state index contributed by atoms with van der Waals surface area (Å²) in [5.41, 5.74) is 10.6. The van der Waals surface area contributed by atoms with Crippen LogP contribution < -0.4 is 11.1 Å². The van der Waals surface area contributed by atoms with Crippen LogP contribution in [-0.2, 0) is 11.2 Å². The molecule has 0 aliphatic rings. The Kier molecular flexibility index (Phi) is 4.41. The SMILES string of the molecule is Cc1cccc(CCC(=O)Nc2ccc(C)cc2N)c1. The molecule has 0 radical (unpaired) electrons. The van der Waals surface area contributed by atoms with E-state index in [1.807, 2.05) is 37.3 Å². The summed E-state index contributed by atoms with van der Waals surface area (Å²) in [5, 5.41) is 2.86. The molecular weight excluding hydrogens is 248 g/mol. The number of rotatable bonds is 4. The molecule has 3 nitrogen and oxygen atoms in total. The Morgan fingerprint density at radius 2 is 1.85 bits per heavy atom. The van der Waals surface area contributed by atoms with Crippen LogP contribution in [0.25, 0.3) is 0 Å². The minimum absolute atomic E-state index is 0.0120. The van der Waals surface area contributed by atoms with Gasteiger partial charge in [0.25, 0.3) is 0 Å². The highest BCUT2D eigenvalue weighted by Gasteiger charge is 2.06. The van der Waals surface area contributed by atoms with Crippen molar-refractivity contribution in [2.45, 2.75) is 26.7 Å². The summed E-state index contributed by atoms with van der Waals surface area (Å²) in [5.74, 6) is -0.0120. The quantitative estimate of drug-likeness (QED) is 0.834. The van der Waals surface area contributed by atoms with Crippen molar-refractivity contribution >= 4 is 17.3 Å². The summed E-state index contributed by atoms with van der Waals surface area (Å²) in [7, 11) is 0. The molecule has 1 amide bonds. The van der Waals surface area contributed by atoms with Crippen molar-refractivity contribution < 1.29 is 4.79 Å². The summed E-state index contributed by atoms with van der Waals surface area (Å²) in [4.78, 5) is 11.9. The van der Waals surface area contributed by atoms with Gasteiger partial charge in [0.05, 0.1) is 11.4 Å². The van der Waals surface area contributed by atoms with Crippen molar-refractivity contribution in [2.24, 2.45) is 0 Å². The van der Waals surface area contributed by atoms with E-state index in [2.05, 4.69) is 24.4 Å². The van der Waals surface area contributed by atoms with Gasteiger partial charge >= 0.3 is 0 Å². The number of benzene rings is 2. The van der Waals surface area contributed by atoms with E-state index in [9.17, 15) is 4.79 Å². The van der Waals surface area contributed by atoms with E-state index < -0.39 is 0 Å². The fourth-order valence-electron chi connectivity index (χ4n) is 2.13. The lowest BCUT2D eigenvalue weighted by Gasteiger charge is -2.09. The van der Waals surface area contributed by atoms with Gasteiger partial charge in [0.15, 0.2) is 0 Å². The lowest BCUT2D eigenvalue weighted by atomic mass is 10.1. The molecule has 20 heavy (non-hydrogen) atoms. The van der Waals surface area contributed by atoms with Crippen molar-refractivity contribution in [3.63, 3.8) is 0 Å². The maximum absolute atomic E-state index is 11.9. The molecule has 2 aromatic rings.